The highest BCUT2D eigenvalue weighted by molar-refractivity contribution is 5.37. The quantitative estimate of drug-likeness (QED) is 0.873. The standard InChI is InChI=1S/C18H26FNO/c1-11(15-10-13-7-8-14(15)9-13)20-12(2)18-16(19)5-4-6-17(18)21-3/h4-6,11-15,20H,7-10H2,1-3H3. The summed E-state index contributed by atoms with van der Waals surface area (Å²) < 4.78 is 19.5. The van der Waals surface area contributed by atoms with Gasteiger partial charge in [0.1, 0.15) is 11.6 Å². The molecule has 0 radical (unpaired) electrons. The van der Waals surface area contributed by atoms with E-state index in [1.165, 1.54) is 31.7 Å². The van der Waals surface area contributed by atoms with Gasteiger partial charge in [0.15, 0.2) is 0 Å². The van der Waals surface area contributed by atoms with Crippen LogP contribution in [0.3, 0.4) is 0 Å². The molecule has 116 valence electrons. The van der Waals surface area contributed by atoms with Gasteiger partial charge < -0.3 is 10.1 Å². The lowest BCUT2D eigenvalue weighted by atomic mass is 9.83. The molecule has 5 atom stereocenters. The van der Waals surface area contributed by atoms with Crippen molar-refractivity contribution in [3.63, 3.8) is 0 Å². The van der Waals surface area contributed by atoms with Gasteiger partial charge in [-0.3, -0.25) is 0 Å². The van der Waals surface area contributed by atoms with Crippen molar-refractivity contribution < 1.29 is 9.13 Å². The summed E-state index contributed by atoms with van der Waals surface area (Å²) in [5.41, 5.74) is 0.648. The van der Waals surface area contributed by atoms with E-state index >= 15 is 0 Å². The van der Waals surface area contributed by atoms with Gasteiger partial charge >= 0.3 is 0 Å². The first kappa shape index (κ1) is 14.8. The molecule has 0 saturated heterocycles. The van der Waals surface area contributed by atoms with E-state index in [4.69, 9.17) is 4.74 Å². The Balaban J connectivity index is 1.70. The minimum Gasteiger partial charge on any atom is -0.496 e. The van der Waals surface area contributed by atoms with Crippen LogP contribution in [0, 0.1) is 23.6 Å². The van der Waals surface area contributed by atoms with Crippen LogP contribution in [0.2, 0.25) is 0 Å². The van der Waals surface area contributed by atoms with Crippen LogP contribution in [0.5, 0.6) is 5.75 Å². The summed E-state index contributed by atoms with van der Waals surface area (Å²) in [5.74, 6) is 3.03. The Morgan fingerprint density at radius 3 is 2.67 bits per heavy atom. The molecule has 2 nitrogen and oxygen atoms in total. The van der Waals surface area contributed by atoms with Crippen LogP contribution in [-0.4, -0.2) is 13.2 Å². The average Bonchev–Trinajstić information content (AvgIpc) is 3.09. The number of ether oxygens (including phenoxy) is 1. The largest absolute Gasteiger partial charge is 0.496 e. The number of benzene rings is 1. The molecule has 2 bridgehead atoms. The Morgan fingerprint density at radius 1 is 1.24 bits per heavy atom. The highest BCUT2D eigenvalue weighted by Crippen LogP contribution is 2.49. The fourth-order valence-electron chi connectivity index (χ4n) is 4.62. The molecular formula is C18H26FNO. The van der Waals surface area contributed by atoms with Gasteiger partial charge in [-0.25, -0.2) is 4.39 Å². The maximum absolute atomic E-state index is 14.1. The fourth-order valence-corrected chi connectivity index (χ4v) is 4.62. The second-order valence-corrected chi connectivity index (χ2v) is 6.87. The van der Waals surface area contributed by atoms with E-state index in [0.717, 1.165) is 17.8 Å². The van der Waals surface area contributed by atoms with E-state index in [-0.39, 0.29) is 11.9 Å². The van der Waals surface area contributed by atoms with E-state index < -0.39 is 0 Å². The zero-order valence-corrected chi connectivity index (χ0v) is 13.2. The minimum absolute atomic E-state index is 0.0322. The molecule has 21 heavy (non-hydrogen) atoms. The lowest BCUT2D eigenvalue weighted by Gasteiger charge is -2.31. The number of fused-ring (bicyclic) bond motifs is 2. The third-order valence-electron chi connectivity index (χ3n) is 5.61. The molecule has 0 aromatic heterocycles. The number of nitrogens with one attached hydrogen (secondary N) is 1. The molecule has 2 saturated carbocycles. The topological polar surface area (TPSA) is 21.3 Å². The lowest BCUT2D eigenvalue weighted by molar-refractivity contribution is 0.246. The average molecular weight is 291 g/mol. The van der Waals surface area contributed by atoms with Crippen LogP contribution in [0.25, 0.3) is 0 Å². The van der Waals surface area contributed by atoms with Gasteiger partial charge in [0.25, 0.3) is 0 Å². The lowest BCUT2D eigenvalue weighted by Crippen LogP contribution is -2.38. The molecule has 0 spiro atoms. The van der Waals surface area contributed by atoms with Gasteiger partial charge in [0.2, 0.25) is 0 Å². The van der Waals surface area contributed by atoms with Crippen molar-refractivity contribution in [1.29, 1.82) is 0 Å². The van der Waals surface area contributed by atoms with E-state index in [1.807, 2.05) is 13.0 Å². The predicted octanol–water partition coefficient (Wildman–Crippen LogP) is 4.31. The molecule has 3 heteroatoms. The van der Waals surface area contributed by atoms with Crippen LogP contribution >= 0.6 is 0 Å². The zero-order chi connectivity index (χ0) is 15.0. The number of halogens is 1. The number of hydrogen-bond acceptors (Lipinski definition) is 2. The minimum atomic E-state index is -0.186. The van der Waals surface area contributed by atoms with Crippen LogP contribution in [0.15, 0.2) is 18.2 Å². The van der Waals surface area contributed by atoms with Crippen molar-refractivity contribution in [2.45, 2.75) is 51.6 Å². The van der Waals surface area contributed by atoms with Crippen LogP contribution in [0.4, 0.5) is 4.39 Å². The summed E-state index contributed by atoms with van der Waals surface area (Å²) in [4.78, 5) is 0. The Kier molecular flexibility index (Phi) is 4.21. The second kappa shape index (κ2) is 5.96. The summed E-state index contributed by atoms with van der Waals surface area (Å²) in [6, 6.07) is 5.44. The predicted molar refractivity (Wildman–Crippen MR) is 82.9 cm³/mol. The Bertz CT molecular complexity index is 504. The first-order valence-corrected chi connectivity index (χ1v) is 8.18. The number of hydrogen-bond donors (Lipinski definition) is 1. The third kappa shape index (κ3) is 2.80. The van der Waals surface area contributed by atoms with Crippen LogP contribution in [-0.2, 0) is 0 Å². The van der Waals surface area contributed by atoms with Gasteiger partial charge in [-0.2, -0.15) is 0 Å². The molecule has 0 heterocycles. The first-order chi connectivity index (χ1) is 10.1. The number of methoxy groups -OCH3 is 1. The maximum Gasteiger partial charge on any atom is 0.131 e. The van der Waals surface area contributed by atoms with Crippen molar-refractivity contribution in [1.82, 2.24) is 5.32 Å². The highest BCUT2D eigenvalue weighted by atomic mass is 19.1. The van der Waals surface area contributed by atoms with Crippen molar-refractivity contribution in [2.75, 3.05) is 7.11 Å². The molecular weight excluding hydrogens is 265 g/mol. The summed E-state index contributed by atoms with van der Waals surface area (Å²) in [6.07, 6.45) is 5.57. The molecule has 2 fully saturated rings. The smallest absolute Gasteiger partial charge is 0.131 e. The summed E-state index contributed by atoms with van der Waals surface area (Å²) in [7, 11) is 1.60. The van der Waals surface area contributed by atoms with Gasteiger partial charge in [0, 0.05) is 17.6 Å². The Labute approximate surface area is 127 Å². The molecule has 5 unspecified atom stereocenters. The normalized spacial score (nSPS) is 30.4. The molecule has 1 aromatic rings. The maximum atomic E-state index is 14.1. The van der Waals surface area contributed by atoms with E-state index in [1.54, 1.807) is 13.2 Å². The van der Waals surface area contributed by atoms with Crippen molar-refractivity contribution >= 4 is 0 Å². The van der Waals surface area contributed by atoms with Gasteiger partial charge in [0.05, 0.1) is 7.11 Å². The Hall–Kier alpha value is -1.09. The monoisotopic (exact) mass is 291 g/mol. The van der Waals surface area contributed by atoms with E-state index in [9.17, 15) is 4.39 Å². The fraction of sp³-hybridized carbons (Fsp3) is 0.667. The van der Waals surface area contributed by atoms with Crippen LogP contribution < -0.4 is 10.1 Å². The number of rotatable bonds is 5. The SMILES string of the molecule is COc1cccc(F)c1C(C)NC(C)C1CC2CCC1C2. The van der Waals surface area contributed by atoms with E-state index in [2.05, 4.69) is 12.2 Å². The van der Waals surface area contributed by atoms with E-state index in [0.29, 0.717) is 17.4 Å². The summed E-state index contributed by atoms with van der Waals surface area (Å²) >= 11 is 0. The molecule has 0 aliphatic heterocycles. The van der Waals surface area contributed by atoms with Gasteiger partial charge in [-0.05, 0) is 63.0 Å². The van der Waals surface area contributed by atoms with Crippen LogP contribution in [0.1, 0.15) is 51.1 Å². The van der Waals surface area contributed by atoms with Gasteiger partial charge in [-0.1, -0.05) is 12.5 Å². The zero-order valence-electron chi connectivity index (χ0n) is 13.2. The van der Waals surface area contributed by atoms with Gasteiger partial charge in [-0.15, -0.1) is 0 Å². The summed E-state index contributed by atoms with van der Waals surface area (Å²) in [6.45, 7) is 4.29. The molecule has 1 N–H and O–H groups in total. The third-order valence-corrected chi connectivity index (χ3v) is 5.61. The van der Waals surface area contributed by atoms with Crippen molar-refractivity contribution in [3.8, 4) is 5.75 Å². The van der Waals surface area contributed by atoms with Crippen molar-refractivity contribution in [3.05, 3.63) is 29.6 Å². The Morgan fingerprint density at radius 2 is 2.05 bits per heavy atom. The molecule has 2 aliphatic carbocycles. The molecule has 1 aromatic carbocycles. The molecule has 3 rings (SSSR count). The molecule has 2 aliphatic rings. The van der Waals surface area contributed by atoms with Crippen molar-refractivity contribution in [2.24, 2.45) is 17.8 Å². The molecule has 0 amide bonds. The summed E-state index contributed by atoms with van der Waals surface area (Å²) in [5, 5.41) is 3.62. The first-order valence-electron chi connectivity index (χ1n) is 8.18. The highest BCUT2D eigenvalue weighted by Gasteiger charge is 2.42. The second-order valence-electron chi connectivity index (χ2n) is 6.87.